The molecule has 1 aliphatic heterocycles. The Kier molecular flexibility index (Phi) is 5.97. The third-order valence-corrected chi connectivity index (χ3v) is 3.68. The van der Waals surface area contributed by atoms with Gasteiger partial charge in [-0.2, -0.15) is 0 Å². The molecule has 5 atom stereocenters. The molecule has 0 saturated carbocycles. The molecule has 0 bridgehead atoms. The Balaban J connectivity index is 2.21. The van der Waals surface area contributed by atoms with E-state index in [0.717, 1.165) is 0 Å². The Labute approximate surface area is 138 Å². The first-order valence-corrected chi connectivity index (χ1v) is 7.16. The second-order valence-electron chi connectivity index (χ2n) is 5.17. The molecule has 1 saturated heterocycles. The molecule has 2 rings (SSSR count). The third-order valence-electron chi connectivity index (χ3n) is 3.68. The standard InChI is InChI=1S/C15H20O9/c1-21-9-5-7(14(20)22-2)3-4-8(9)23-15-13(19)12(18)11(17)10(6-16)24-15/h3-5,10-13,15-19H,6H2,1-2H3. The molecule has 24 heavy (non-hydrogen) atoms. The van der Waals surface area contributed by atoms with E-state index < -0.39 is 43.3 Å². The van der Waals surface area contributed by atoms with Gasteiger partial charge in [-0.15, -0.1) is 0 Å². The quantitative estimate of drug-likeness (QED) is 0.479. The summed E-state index contributed by atoms with van der Waals surface area (Å²) >= 11 is 0. The van der Waals surface area contributed by atoms with Crippen molar-refractivity contribution in [2.24, 2.45) is 0 Å². The van der Waals surface area contributed by atoms with E-state index >= 15 is 0 Å². The van der Waals surface area contributed by atoms with Gasteiger partial charge in [-0.1, -0.05) is 0 Å². The normalized spacial score (nSPS) is 29.8. The van der Waals surface area contributed by atoms with Crippen LogP contribution in [0.4, 0.5) is 0 Å². The van der Waals surface area contributed by atoms with Crippen LogP contribution in [0.25, 0.3) is 0 Å². The molecule has 0 amide bonds. The summed E-state index contributed by atoms with van der Waals surface area (Å²) in [4.78, 5) is 11.5. The van der Waals surface area contributed by atoms with Gasteiger partial charge in [0.15, 0.2) is 11.5 Å². The number of aliphatic hydroxyl groups is 4. The fourth-order valence-electron chi connectivity index (χ4n) is 2.30. The van der Waals surface area contributed by atoms with Crippen LogP contribution in [0.15, 0.2) is 18.2 Å². The highest BCUT2D eigenvalue weighted by Crippen LogP contribution is 2.32. The minimum absolute atomic E-state index is 0.134. The van der Waals surface area contributed by atoms with Crippen LogP contribution in [0.1, 0.15) is 10.4 Å². The molecule has 0 aromatic heterocycles. The van der Waals surface area contributed by atoms with Gasteiger partial charge in [0.25, 0.3) is 0 Å². The minimum atomic E-state index is -1.55. The zero-order valence-corrected chi connectivity index (χ0v) is 13.2. The van der Waals surface area contributed by atoms with Crippen LogP contribution in [-0.4, -0.2) is 77.9 Å². The summed E-state index contributed by atoms with van der Waals surface area (Å²) in [7, 11) is 2.60. The Morgan fingerprint density at radius 3 is 2.42 bits per heavy atom. The van der Waals surface area contributed by atoms with Crippen molar-refractivity contribution in [1.82, 2.24) is 0 Å². The Hall–Kier alpha value is -1.91. The van der Waals surface area contributed by atoms with E-state index in [1.54, 1.807) is 0 Å². The van der Waals surface area contributed by atoms with E-state index in [4.69, 9.17) is 19.3 Å². The summed E-state index contributed by atoms with van der Waals surface area (Å²) in [6, 6.07) is 4.21. The first-order valence-electron chi connectivity index (χ1n) is 7.16. The number of aliphatic hydroxyl groups excluding tert-OH is 4. The van der Waals surface area contributed by atoms with Crippen LogP contribution in [0.5, 0.6) is 11.5 Å². The molecule has 0 aliphatic carbocycles. The number of methoxy groups -OCH3 is 2. The topological polar surface area (TPSA) is 135 Å². The molecule has 1 aromatic carbocycles. The molecule has 1 fully saturated rings. The maximum atomic E-state index is 11.5. The number of benzene rings is 1. The van der Waals surface area contributed by atoms with Gasteiger partial charge in [-0.25, -0.2) is 4.79 Å². The molecule has 0 radical (unpaired) electrons. The molecule has 0 spiro atoms. The molecule has 4 N–H and O–H groups in total. The minimum Gasteiger partial charge on any atom is -0.493 e. The number of esters is 1. The largest absolute Gasteiger partial charge is 0.493 e. The van der Waals surface area contributed by atoms with Crippen LogP contribution in [0.3, 0.4) is 0 Å². The maximum Gasteiger partial charge on any atom is 0.337 e. The van der Waals surface area contributed by atoms with Crippen molar-refractivity contribution < 1.29 is 44.2 Å². The molecule has 1 heterocycles. The average Bonchev–Trinajstić information content (AvgIpc) is 2.61. The van der Waals surface area contributed by atoms with Crippen LogP contribution in [-0.2, 0) is 9.47 Å². The van der Waals surface area contributed by atoms with Gasteiger partial charge in [-0.3, -0.25) is 0 Å². The third kappa shape index (κ3) is 3.60. The molecule has 5 unspecified atom stereocenters. The smallest absolute Gasteiger partial charge is 0.337 e. The SMILES string of the molecule is COC(=O)c1ccc(OC2OC(CO)C(O)C(O)C2O)c(OC)c1. The van der Waals surface area contributed by atoms with Crippen LogP contribution >= 0.6 is 0 Å². The molecule has 1 aromatic rings. The Morgan fingerprint density at radius 2 is 1.83 bits per heavy atom. The molecule has 9 nitrogen and oxygen atoms in total. The monoisotopic (exact) mass is 344 g/mol. The van der Waals surface area contributed by atoms with E-state index in [-0.39, 0.29) is 17.1 Å². The highest BCUT2D eigenvalue weighted by molar-refractivity contribution is 5.90. The van der Waals surface area contributed by atoms with Gasteiger partial charge in [0.2, 0.25) is 6.29 Å². The number of hydrogen-bond acceptors (Lipinski definition) is 9. The number of hydrogen-bond donors (Lipinski definition) is 4. The first-order chi connectivity index (χ1) is 11.4. The average molecular weight is 344 g/mol. The molecular weight excluding hydrogens is 324 g/mol. The number of carbonyl (C=O) groups excluding carboxylic acids is 1. The van der Waals surface area contributed by atoms with Crippen LogP contribution < -0.4 is 9.47 Å². The van der Waals surface area contributed by atoms with Gasteiger partial charge in [0, 0.05) is 0 Å². The van der Waals surface area contributed by atoms with Gasteiger partial charge >= 0.3 is 5.97 Å². The second-order valence-corrected chi connectivity index (χ2v) is 5.17. The lowest BCUT2D eigenvalue weighted by Gasteiger charge is -2.39. The molecule has 1 aliphatic rings. The lowest BCUT2D eigenvalue weighted by Crippen LogP contribution is -2.60. The van der Waals surface area contributed by atoms with Gasteiger partial charge in [0.1, 0.15) is 24.4 Å². The second kappa shape index (κ2) is 7.77. The van der Waals surface area contributed by atoms with Crippen molar-refractivity contribution in [1.29, 1.82) is 0 Å². The van der Waals surface area contributed by atoms with E-state index in [9.17, 15) is 20.1 Å². The fraction of sp³-hybridized carbons (Fsp3) is 0.533. The van der Waals surface area contributed by atoms with Crippen molar-refractivity contribution in [2.45, 2.75) is 30.7 Å². The van der Waals surface area contributed by atoms with Gasteiger partial charge in [-0.05, 0) is 18.2 Å². The lowest BCUT2D eigenvalue weighted by atomic mass is 9.99. The van der Waals surface area contributed by atoms with Crippen molar-refractivity contribution in [3.8, 4) is 11.5 Å². The summed E-state index contributed by atoms with van der Waals surface area (Å²) in [6.07, 6.45) is -7.02. The van der Waals surface area contributed by atoms with Crippen molar-refractivity contribution in [3.63, 3.8) is 0 Å². The van der Waals surface area contributed by atoms with E-state index in [2.05, 4.69) is 4.74 Å². The lowest BCUT2D eigenvalue weighted by molar-refractivity contribution is -0.277. The Morgan fingerprint density at radius 1 is 1.12 bits per heavy atom. The summed E-state index contributed by atoms with van der Waals surface area (Å²) in [6.45, 7) is -0.566. The predicted octanol–water partition coefficient (Wildman–Crippen LogP) is -1.34. The highest BCUT2D eigenvalue weighted by atomic mass is 16.7. The van der Waals surface area contributed by atoms with E-state index in [0.29, 0.717) is 0 Å². The Bertz CT molecular complexity index is 574. The zero-order valence-electron chi connectivity index (χ0n) is 13.2. The van der Waals surface area contributed by atoms with Crippen LogP contribution in [0, 0.1) is 0 Å². The maximum absolute atomic E-state index is 11.5. The van der Waals surface area contributed by atoms with Gasteiger partial charge < -0.3 is 39.4 Å². The number of carbonyl (C=O) groups is 1. The molecule has 134 valence electrons. The summed E-state index contributed by atoms with van der Waals surface area (Å²) < 4.78 is 20.5. The number of rotatable bonds is 5. The highest BCUT2D eigenvalue weighted by Gasteiger charge is 2.44. The fourth-order valence-corrected chi connectivity index (χ4v) is 2.30. The van der Waals surface area contributed by atoms with E-state index in [1.807, 2.05) is 0 Å². The van der Waals surface area contributed by atoms with E-state index in [1.165, 1.54) is 32.4 Å². The zero-order chi connectivity index (χ0) is 17.9. The van der Waals surface area contributed by atoms with Crippen LogP contribution in [0.2, 0.25) is 0 Å². The summed E-state index contributed by atoms with van der Waals surface area (Å²) in [5.41, 5.74) is 0.232. The summed E-state index contributed by atoms with van der Waals surface area (Å²) in [5, 5.41) is 38.6. The number of ether oxygens (including phenoxy) is 4. The molecule has 9 heteroatoms. The van der Waals surface area contributed by atoms with Crippen molar-refractivity contribution >= 4 is 5.97 Å². The van der Waals surface area contributed by atoms with Crippen molar-refractivity contribution in [3.05, 3.63) is 23.8 Å². The summed E-state index contributed by atoms with van der Waals surface area (Å²) in [5.74, 6) is -0.253. The first kappa shape index (κ1) is 18.4. The predicted molar refractivity (Wildman–Crippen MR) is 78.7 cm³/mol. The van der Waals surface area contributed by atoms with Gasteiger partial charge in [0.05, 0.1) is 26.4 Å². The molecular formula is C15H20O9. The van der Waals surface area contributed by atoms with Crippen molar-refractivity contribution in [2.75, 3.05) is 20.8 Å².